The minimum atomic E-state index is -2.70. The molecule has 2 aromatic heterocycles. The fraction of sp³-hybridized carbons (Fsp3) is 0.316. The van der Waals surface area contributed by atoms with Crippen molar-refractivity contribution in [3.63, 3.8) is 0 Å². The van der Waals surface area contributed by atoms with Crippen molar-refractivity contribution in [2.24, 2.45) is 0 Å². The van der Waals surface area contributed by atoms with Crippen LogP contribution in [-0.2, 0) is 0 Å². The minimum absolute atomic E-state index is 0.102. The second kappa shape index (κ2) is 7.89. The van der Waals surface area contributed by atoms with Gasteiger partial charge in [0, 0.05) is 43.3 Å². The van der Waals surface area contributed by atoms with Crippen molar-refractivity contribution in [3.05, 3.63) is 54.0 Å². The first-order valence-electron chi connectivity index (χ1n) is 9.11. The number of carbonyl (C=O) groups is 1. The van der Waals surface area contributed by atoms with E-state index in [2.05, 4.69) is 25.6 Å². The molecule has 28 heavy (non-hydrogen) atoms. The van der Waals surface area contributed by atoms with Crippen molar-refractivity contribution in [2.75, 3.05) is 36.4 Å². The molecule has 3 aromatic rings. The SMILES string of the molecule is O=C(Nc1cc(N2CCCNCC2)ccc1C(F)F)c1cnn2cccnc12. The molecular formula is C19H20F2N6O. The zero-order valence-corrected chi connectivity index (χ0v) is 15.1. The van der Waals surface area contributed by atoms with E-state index in [1.165, 1.54) is 16.8 Å². The first kappa shape index (κ1) is 18.3. The van der Waals surface area contributed by atoms with Gasteiger partial charge in [0.1, 0.15) is 5.56 Å². The predicted molar refractivity (Wildman–Crippen MR) is 102 cm³/mol. The fourth-order valence-corrected chi connectivity index (χ4v) is 3.32. The van der Waals surface area contributed by atoms with Crippen LogP contribution in [0.4, 0.5) is 20.2 Å². The molecule has 0 saturated carbocycles. The van der Waals surface area contributed by atoms with Gasteiger partial charge in [-0.05, 0) is 37.2 Å². The summed E-state index contributed by atoms with van der Waals surface area (Å²) >= 11 is 0. The van der Waals surface area contributed by atoms with E-state index >= 15 is 0 Å². The van der Waals surface area contributed by atoms with Gasteiger partial charge in [-0.25, -0.2) is 18.3 Å². The highest BCUT2D eigenvalue weighted by Crippen LogP contribution is 2.31. The predicted octanol–water partition coefficient (Wildman–Crippen LogP) is 2.72. The molecule has 3 heterocycles. The van der Waals surface area contributed by atoms with Crippen molar-refractivity contribution >= 4 is 22.9 Å². The number of nitrogens with zero attached hydrogens (tertiary/aromatic N) is 4. The van der Waals surface area contributed by atoms with Crippen molar-refractivity contribution in [1.82, 2.24) is 19.9 Å². The second-order valence-corrected chi connectivity index (χ2v) is 6.56. The van der Waals surface area contributed by atoms with E-state index in [0.717, 1.165) is 38.3 Å². The number of alkyl halides is 2. The third kappa shape index (κ3) is 3.65. The Labute approximate surface area is 160 Å². The molecule has 2 N–H and O–H groups in total. The minimum Gasteiger partial charge on any atom is -0.370 e. The van der Waals surface area contributed by atoms with Gasteiger partial charge in [0.15, 0.2) is 5.65 Å². The number of carbonyl (C=O) groups excluding carboxylic acids is 1. The van der Waals surface area contributed by atoms with Gasteiger partial charge >= 0.3 is 0 Å². The first-order chi connectivity index (χ1) is 13.6. The number of hydrogen-bond donors (Lipinski definition) is 2. The zero-order chi connectivity index (χ0) is 19.5. The number of nitrogens with one attached hydrogen (secondary N) is 2. The number of rotatable bonds is 4. The molecule has 4 rings (SSSR count). The molecule has 0 atom stereocenters. The summed E-state index contributed by atoms with van der Waals surface area (Å²) in [6.07, 6.45) is 2.86. The second-order valence-electron chi connectivity index (χ2n) is 6.56. The standard InChI is InChI=1S/C19H20F2N6O/c20-17(21)14-4-3-13(26-8-1-5-22-7-10-26)11-16(14)25-19(28)15-12-24-27-9-2-6-23-18(15)27/h2-4,6,9,11-12,17,22H,1,5,7-8,10H2,(H,25,28). The molecule has 1 fully saturated rings. The van der Waals surface area contributed by atoms with Crippen molar-refractivity contribution in [1.29, 1.82) is 0 Å². The van der Waals surface area contributed by atoms with Crippen LogP contribution < -0.4 is 15.5 Å². The summed E-state index contributed by atoms with van der Waals surface area (Å²) in [6, 6.07) is 6.36. The zero-order valence-electron chi connectivity index (χ0n) is 15.1. The van der Waals surface area contributed by atoms with Crippen LogP contribution in [0.5, 0.6) is 0 Å². The summed E-state index contributed by atoms with van der Waals surface area (Å²) < 4.78 is 28.5. The summed E-state index contributed by atoms with van der Waals surface area (Å²) in [7, 11) is 0. The number of anilines is 2. The smallest absolute Gasteiger partial charge is 0.265 e. The molecule has 0 spiro atoms. The van der Waals surface area contributed by atoms with E-state index < -0.39 is 12.3 Å². The Balaban J connectivity index is 1.64. The Hall–Kier alpha value is -3.07. The average Bonchev–Trinajstić information content (AvgIpc) is 2.94. The fourth-order valence-electron chi connectivity index (χ4n) is 3.32. The number of aromatic nitrogens is 3. The number of benzene rings is 1. The molecule has 146 valence electrons. The summed E-state index contributed by atoms with van der Waals surface area (Å²) in [6.45, 7) is 3.36. The lowest BCUT2D eigenvalue weighted by molar-refractivity contribution is 0.102. The van der Waals surface area contributed by atoms with Crippen LogP contribution in [-0.4, -0.2) is 46.7 Å². The lowest BCUT2D eigenvalue weighted by Crippen LogP contribution is -2.28. The first-order valence-corrected chi connectivity index (χ1v) is 9.11. The normalized spacial score (nSPS) is 15.0. The summed E-state index contributed by atoms with van der Waals surface area (Å²) in [5, 5.41) is 10.0. The molecular weight excluding hydrogens is 366 g/mol. The van der Waals surface area contributed by atoms with E-state index in [1.807, 2.05) is 0 Å². The molecule has 7 nitrogen and oxygen atoms in total. The summed E-state index contributed by atoms with van der Waals surface area (Å²) in [5.41, 5.74) is 1.29. The number of amides is 1. The van der Waals surface area contributed by atoms with Gasteiger partial charge in [0.25, 0.3) is 12.3 Å². The van der Waals surface area contributed by atoms with Gasteiger partial charge in [-0.15, -0.1) is 0 Å². The lowest BCUT2D eigenvalue weighted by atomic mass is 10.1. The third-order valence-electron chi connectivity index (χ3n) is 4.75. The van der Waals surface area contributed by atoms with E-state index in [-0.39, 0.29) is 16.8 Å². The van der Waals surface area contributed by atoms with E-state index in [4.69, 9.17) is 0 Å². The Morgan fingerprint density at radius 1 is 1.25 bits per heavy atom. The van der Waals surface area contributed by atoms with Crippen LogP contribution >= 0.6 is 0 Å². The van der Waals surface area contributed by atoms with Crippen molar-refractivity contribution < 1.29 is 13.6 Å². The topological polar surface area (TPSA) is 74.6 Å². The molecule has 9 heteroatoms. The number of fused-ring (bicyclic) bond motifs is 1. The van der Waals surface area contributed by atoms with Crippen molar-refractivity contribution in [2.45, 2.75) is 12.8 Å². The Morgan fingerprint density at radius 2 is 2.14 bits per heavy atom. The highest BCUT2D eigenvalue weighted by atomic mass is 19.3. The Kier molecular flexibility index (Phi) is 5.16. The van der Waals surface area contributed by atoms with Gasteiger partial charge < -0.3 is 15.5 Å². The average molecular weight is 386 g/mol. The monoisotopic (exact) mass is 386 g/mol. The van der Waals surface area contributed by atoms with E-state index in [1.54, 1.807) is 30.6 Å². The largest absolute Gasteiger partial charge is 0.370 e. The van der Waals surface area contributed by atoms with Crippen molar-refractivity contribution in [3.8, 4) is 0 Å². The molecule has 0 radical (unpaired) electrons. The highest BCUT2D eigenvalue weighted by molar-refractivity contribution is 6.08. The van der Waals surface area contributed by atoms with Gasteiger partial charge in [0.05, 0.1) is 11.9 Å². The molecule has 0 unspecified atom stereocenters. The Morgan fingerprint density at radius 3 is 3.00 bits per heavy atom. The van der Waals surface area contributed by atoms with Gasteiger partial charge in [0.2, 0.25) is 0 Å². The summed E-state index contributed by atoms with van der Waals surface area (Å²) in [4.78, 5) is 19.0. The molecule has 1 aromatic carbocycles. The Bertz CT molecular complexity index is 981. The molecule has 1 saturated heterocycles. The third-order valence-corrected chi connectivity index (χ3v) is 4.75. The lowest BCUT2D eigenvalue weighted by Gasteiger charge is -2.24. The number of hydrogen-bond acceptors (Lipinski definition) is 5. The van der Waals surface area contributed by atoms with Crippen LogP contribution in [0.25, 0.3) is 5.65 Å². The molecule has 1 aliphatic heterocycles. The maximum atomic E-state index is 13.5. The molecule has 0 bridgehead atoms. The maximum Gasteiger partial charge on any atom is 0.265 e. The molecule has 1 aliphatic rings. The van der Waals surface area contributed by atoms with Gasteiger partial charge in [-0.2, -0.15) is 5.10 Å². The molecule has 0 aliphatic carbocycles. The van der Waals surface area contributed by atoms with Crippen LogP contribution in [0.15, 0.2) is 42.9 Å². The van der Waals surface area contributed by atoms with Gasteiger partial charge in [-0.1, -0.05) is 0 Å². The number of halogens is 2. The van der Waals surface area contributed by atoms with Crippen LogP contribution in [0.2, 0.25) is 0 Å². The van der Waals surface area contributed by atoms with Crippen LogP contribution in [0.3, 0.4) is 0 Å². The van der Waals surface area contributed by atoms with Crippen LogP contribution in [0, 0.1) is 0 Å². The van der Waals surface area contributed by atoms with E-state index in [0.29, 0.717) is 5.65 Å². The van der Waals surface area contributed by atoms with Gasteiger partial charge in [-0.3, -0.25) is 4.79 Å². The van der Waals surface area contributed by atoms with Crippen LogP contribution in [0.1, 0.15) is 28.8 Å². The highest BCUT2D eigenvalue weighted by Gasteiger charge is 2.20. The maximum absolute atomic E-state index is 13.5. The van der Waals surface area contributed by atoms with E-state index in [9.17, 15) is 13.6 Å². The quantitative estimate of drug-likeness (QED) is 0.721. The molecule has 1 amide bonds. The summed E-state index contributed by atoms with van der Waals surface area (Å²) in [5.74, 6) is -0.523.